The van der Waals surface area contributed by atoms with Gasteiger partial charge in [0.15, 0.2) is 0 Å². The van der Waals surface area contributed by atoms with Gasteiger partial charge in [-0.15, -0.1) is 11.8 Å². The third-order valence-electron chi connectivity index (χ3n) is 2.95. The van der Waals surface area contributed by atoms with E-state index < -0.39 is 0 Å². The molecule has 0 saturated carbocycles. The molecule has 0 radical (unpaired) electrons. The summed E-state index contributed by atoms with van der Waals surface area (Å²) in [6, 6.07) is 0. The van der Waals surface area contributed by atoms with E-state index in [9.17, 15) is 4.79 Å². The van der Waals surface area contributed by atoms with E-state index >= 15 is 0 Å². The van der Waals surface area contributed by atoms with Gasteiger partial charge in [0.2, 0.25) is 5.91 Å². The topological polar surface area (TPSA) is 61.4 Å². The van der Waals surface area contributed by atoms with E-state index in [4.69, 9.17) is 5.11 Å². The van der Waals surface area contributed by atoms with Crippen LogP contribution >= 0.6 is 11.8 Å². The zero-order valence-corrected chi connectivity index (χ0v) is 11.6. The van der Waals surface area contributed by atoms with Crippen molar-refractivity contribution < 1.29 is 9.90 Å². The van der Waals surface area contributed by atoms with E-state index in [2.05, 4.69) is 10.6 Å². The van der Waals surface area contributed by atoms with Gasteiger partial charge < -0.3 is 15.7 Å². The van der Waals surface area contributed by atoms with Gasteiger partial charge in [-0.3, -0.25) is 4.79 Å². The van der Waals surface area contributed by atoms with Crippen molar-refractivity contribution in [3.8, 4) is 0 Å². The van der Waals surface area contributed by atoms with Gasteiger partial charge in [0, 0.05) is 17.4 Å². The summed E-state index contributed by atoms with van der Waals surface area (Å²) < 4.78 is 0. The Morgan fingerprint density at radius 2 is 2.12 bits per heavy atom. The molecule has 0 unspecified atom stereocenters. The largest absolute Gasteiger partial charge is 0.396 e. The fraction of sp³-hybridized carbons (Fsp3) is 0.917. The van der Waals surface area contributed by atoms with Crippen LogP contribution in [0.3, 0.4) is 0 Å². The number of thioether (sulfide) groups is 1. The third kappa shape index (κ3) is 6.29. The highest BCUT2D eigenvalue weighted by molar-refractivity contribution is 8.00. The van der Waals surface area contributed by atoms with Crippen LogP contribution in [0.2, 0.25) is 0 Å². The maximum Gasteiger partial charge on any atom is 0.230 e. The minimum atomic E-state index is -0.305. The Labute approximate surface area is 108 Å². The summed E-state index contributed by atoms with van der Waals surface area (Å²) in [5, 5.41) is 15.8. The zero-order chi connectivity index (χ0) is 12.7. The Kier molecular flexibility index (Phi) is 6.30. The van der Waals surface area contributed by atoms with Crippen LogP contribution in [-0.4, -0.2) is 47.3 Å². The van der Waals surface area contributed by atoms with E-state index in [0.29, 0.717) is 17.4 Å². The number of rotatable bonds is 6. The van der Waals surface area contributed by atoms with Crippen LogP contribution < -0.4 is 10.6 Å². The maximum absolute atomic E-state index is 11.7. The van der Waals surface area contributed by atoms with Crippen LogP contribution in [0.15, 0.2) is 0 Å². The summed E-state index contributed by atoms with van der Waals surface area (Å²) in [7, 11) is 0. The van der Waals surface area contributed by atoms with Crippen LogP contribution in [0.4, 0.5) is 0 Å². The van der Waals surface area contributed by atoms with E-state index in [1.165, 1.54) is 0 Å². The van der Waals surface area contributed by atoms with Crippen molar-refractivity contribution >= 4 is 17.7 Å². The monoisotopic (exact) mass is 260 g/mol. The van der Waals surface area contributed by atoms with E-state index in [0.717, 1.165) is 25.9 Å². The lowest BCUT2D eigenvalue weighted by atomic mass is 10.0. The molecule has 1 amide bonds. The molecule has 0 aromatic heterocycles. The summed E-state index contributed by atoms with van der Waals surface area (Å²) in [4.78, 5) is 11.7. The van der Waals surface area contributed by atoms with Crippen molar-refractivity contribution in [3.63, 3.8) is 0 Å². The number of carbonyl (C=O) groups excluding carboxylic acids is 1. The average Bonchev–Trinajstić information content (AvgIpc) is 2.27. The Morgan fingerprint density at radius 3 is 2.71 bits per heavy atom. The molecule has 0 atom stereocenters. The Hall–Kier alpha value is -0.260. The summed E-state index contributed by atoms with van der Waals surface area (Å²) in [6.07, 6.45) is 2.90. The van der Waals surface area contributed by atoms with Gasteiger partial charge >= 0.3 is 0 Å². The van der Waals surface area contributed by atoms with Gasteiger partial charge in [-0.05, 0) is 46.2 Å². The van der Waals surface area contributed by atoms with E-state index in [1.807, 2.05) is 13.8 Å². The second-order valence-corrected chi connectivity index (χ2v) is 6.45. The van der Waals surface area contributed by atoms with Crippen LogP contribution in [-0.2, 0) is 4.79 Å². The first-order valence-electron chi connectivity index (χ1n) is 6.28. The zero-order valence-electron chi connectivity index (χ0n) is 10.8. The lowest BCUT2D eigenvalue weighted by molar-refractivity contribution is -0.120. The van der Waals surface area contributed by atoms with Gasteiger partial charge in [0.25, 0.3) is 0 Å². The lowest BCUT2D eigenvalue weighted by Gasteiger charge is -2.26. The molecule has 1 saturated heterocycles. The first-order chi connectivity index (χ1) is 8.03. The lowest BCUT2D eigenvalue weighted by Crippen LogP contribution is -2.45. The molecule has 0 bridgehead atoms. The van der Waals surface area contributed by atoms with Gasteiger partial charge in [-0.25, -0.2) is 0 Å². The van der Waals surface area contributed by atoms with Crippen molar-refractivity contribution in [2.24, 2.45) is 0 Å². The standard InChI is InChI=1S/C12H24N2O2S/c1-12(2,5-8-15)14-11(16)9-17-10-3-6-13-7-4-10/h10,13,15H,3-9H2,1-2H3,(H,14,16). The highest BCUT2D eigenvalue weighted by Gasteiger charge is 2.21. The van der Waals surface area contributed by atoms with Crippen LogP contribution in [0.5, 0.6) is 0 Å². The Balaban J connectivity index is 2.20. The molecule has 0 aromatic rings. The molecule has 4 nitrogen and oxygen atoms in total. The Morgan fingerprint density at radius 1 is 1.47 bits per heavy atom. The summed E-state index contributed by atoms with van der Waals surface area (Å²) in [6.45, 7) is 6.12. The van der Waals surface area contributed by atoms with Gasteiger partial charge in [-0.1, -0.05) is 0 Å². The fourth-order valence-corrected chi connectivity index (χ4v) is 2.94. The predicted octanol–water partition coefficient (Wildman–Crippen LogP) is 0.749. The number of piperidine rings is 1. The summed E-state index contributed by atoms with van der Waals surface area (Å²) in [5.41, 5.74) is -0.305. The molecule has 0 aliphatic carbocycles. The number of aliphatic hydroxyl groups is 1. The number of hydrogen-bond donors (Lipinski definition) is 3. The number of aliphatic hydroxyl groups excluding tert-OH is 1. The second-order valence-electron chi connectivity index (χ2n) is 5.17. The molecule has 1 fully saturated rings. The number of amides is 1. The van der Waals surface area contributed by atoms with Gasteiger partial charge in [0.05, 0.1) is 5.75 Å². The normalized spacial score (nSPS) is 18.1. The van der Waals surface area contributed by atoms with E-state index in [-0.39, 0.29) is 18.1 Å². The fourth-order valence-electron chi connectivity index (χ4n) is 1.91. The maximum atomic E-state index is 11.7. The van der Waals surface area contributed by atoms with Crippen LogP contribution in [0.1, 0.15) is 33.1 Å². The van der Waals surface area contributed by atoms with Crippen LogP contribution in [0.25, 0.3) is 0 Å². The second kappa shape index (κ2) is 7.24. The number of hydrogen-bond acceptors (Lipinski definition) is 4. The number of nitrogens with one attached hydrogen (secondary N) is 2. The van der Waals surface area contributed by atoms with E-state index in [1.54, 1.807) is 11.8 Å². The quantitative estimate of drug-likeness (QED) is 0.659. The first-order valence-corrected chi connectivity index (χ1v) is 7.32. The summed E-state index contributed by atoms with van der Waals surface area (Å²) >= 11 is 1.75. The molecule has 3 N–H and O–H groups in total. The molecular formula is C12H24N2O2S. The van der Waals surface area contributed by atoms with Crippen LogP contribution in [0, 0.1) is 0 Å². The smallest absolute Gasteiger partial charge is 0.230 e. The molecule has 1 aliphatic heterocycles. The SMILES string of the molecule is CC(C)(CCO)NC(=O)CSC1CCNCC1. The third-order valence-corrected chi connectivity index (χ3v) is 4.32. The molecule has 1 heterocycles. The highest BCUT2D eigenvalue weighted by Crippen LogP contribution is 2.20. The molecule has 0 aromatic carbocycles. The van der Waals surface area contributed by atoms with Crippen molar-refractivity contribution in [3.05, 3.63) is 0 Å². The molecule has 0 spiro atoms. The Bertz CT molecular complexity index is 241. The van der Waals surface area contributed by atoms with Crippen molar-refractivity contribution in [1.82, 2.24) is 10.6 Å². The molecule has 100 valence electrons. The highest BCUT2D eigenvalue weighted by atomic mass is 32.2. The van der Waals surface area contributed by atoms with Crippen molar-refractivity contribution in [1.29, 1.82) is 0 Å². The molecule has 1 aliphatic rings. The minimum absolute atomic E-state index is 0.0759. The molecule has 17 heavy (non-hydrogen) atoms. The molecular weight excluding hydrogens is 236 g/mol. The average molecular weight is 260 g/mol. The predicted molar refractivity (Wildman–Crippen MR) is 72.3 cm³/mol. The van der Waals surface area contributed by atoms with Crippen molar-refractivity contribution in [2.75, 3.05) is 25.4 Å². The molecule has 5 heteroatoms. The van der Waals surface area contributed by atoms with Gasteiger partial charge in [-0.2, -0.15) is 0 Å². The summed E-state index contributed by atoms with van der Waals surface area (Å²) in [5.74, 6) is 0.603. The van der Waals surface area contributed by atoms with Crippen molar-refractivity contribution in [2.45, 2.75) is 43.9 Å². The minimum Gasteiger partial charge on any atom is -0.396 e. The molecule has 1 rings (SSSR count). The van der Waals surface area contributed by atoms with Gasteiger partial charge in [0.1, 0.15) is 0 Å². The number of carbonyl (C=O) groups is 1. The first kappa shape index (κ1) is 14.8.